The number of ether oxygens (including phenoxy) is 2. The van der Waals surface area contributed by atoms with Gasteiger partial charge in [-0.05, 0) is 0 Å². The third kappa shape index (κ3) is 5.42. The third-order valence-corrected chi connectivity index (χ3v) is 3.62. The predicted molar refractivity (Wildman–Crippen MR) is 78.1 cm³/mol. The topological polar surface area (TPSA) is 201 Å². The molecule has 1 aliphatic rings. The van der Waals surface area contributed by atoms with Crippen LogP contribution in [0.1, 0.15) is 0 Å². The highest BCUT2D eigenvalue weighted by Crippen LogP contribution is 2.24. The average molecular weight is 381 g/mol. The second-order valence-corrected chi connectivity index (χ2v) is 5.29. The summed E-state index contributed by atoms with van der Waals surface area (Å²) in [6.45, 7) is -2.45. The molecule has 0 aromatic carbocycles. The largest absolute Gasteiger partial charge is 0.394 e. The molecule has 0 radical (unpaired) electrons. The molecular formula is C12H25ClO11. The molecule has 0 amide bonds. The summed E-state index contributed by atoms with van der Waals surface area (Å²) in [6.07, 6.45) is -15.1. The number of aliphatic hydroxyl groups excluding tert-OH is 9. The molecule has 1 heterocycles. The maximum atomic E-state index is 9.83. The van der Waals surface area contributed by atoms with Crippen LogP contribution in [0.25, 0.3) is 0 Å². The van der Waals surface area contributed by atoms with E-state index in [-0.39, 0.29) is 12.4 Å². The Bertz CT molecular complexity index is 347. The molecule has 9 atom stereocenters. The van der Waals surface area contributed by atoms with Crippen molar-refractivity contribution in [1.29, 1.82) is 0 Å². The lowest BCUT2D eigenvalue weighted by Gasteiger charge is -2.42. The summed E-state index contributed by atoms with van der Waals surface area (Å²) in [7, 11) is 0. The molecule has 0 unspecified atom stereocenters. The van der Waals surface area contributed by atoms with Crippen LogP contribution in [0.3, 0.4) is 0 Å². The highest BCUT2D eigenvalue weighted by Gasteiger charge is 2.46. The molecule has 0 saturated carbocycles. The van der Waals surface area contributed by atoms with Crippen molar-refractivity contribution >= 4 is 12.4 Å². The Labute approximate surface area is 143 Å². The van der Waals surface area contributed by atoms with Gasteiger partial charge in [-0.25, -0.2) is 0 Å². The Morgan fingerprint density at radius 2 is 1.38 bits per heavy atom. The SMILES string of the molecule is Cl.OC[C@@H](O)[C@@H](O[C@H]1O[C@H](CO)[C@@H](O)[C@H](O)[C@H]1O)[C@H](O)[C@@H](O)CO. The molecule has 0 aromatic rings. The van der Waals surface area contributed by atoms with E-state index in [2.05, 4.69) is 0 Å². The Hall–Kier alpha value is -0.150. The zero-order valence-electron chi connectivity index (χ0n) is 12.6. The van der Waals surface area contributed by atoms with Gasteiger partial charge in [0.15, 0.2) is 6.29 Å². The monoisotopic (exact) mass is 380 g/mol. The maximum absolute atomic E-state index is 9.83. The van der Waals surface area contributed by atoms with Gasteiger partial charge in [-0.15, -0.1) is 12.4 Å². The van der Waals surface area contributed by atoms with E-state index in [4.69, 9.17) is 24.8 Å². The van der Waals surface area contributed by atoms with Crippen LogP contribution >= 0.6 is 12.4 Å². The second-order valence-electron chi connectivity index (χ2n) is 5.29. The normalized spacial score (nSPS) is 35.6. The molecule has 0 bridgehead atoms. The van der Waals surface area contributed by atoms with E-state index in [9.17, 15) is 30.6 Å². The fraction of sp³-hybridized carbons (Fsp3) is 1.00. The van der Waals surface area contributed by atoms with Crippen LogP contribution < -0.4 is 0 Å². The molecule has 146 valence electrons. The highest BCUT2D eigenvalue weighted by atomic mass is 35.5. The average Bonchev–Trinajstić information content (AvgIpc) is 2.57. The molecule has 0 aliphatic carbocycles. The van der Waals surface area contributed by atoms with Gasteiger partial charge in [0, 0.05) is 0 Å². The molecule has 1 rings (SSSR count). The van der Waals surface area contributed by atoms with Crippen LogP contribution in [0.4, 0.5) is 0 Å². The van der Waals surface area contributed by atoms with Crippen molar-refractivity contribution in [1.82, 2.24) is 0 Å². The fourth-order valence-electron chi connectivity index (χ4n) is 2.16. The minimum atomic E-state index is -1.85. The van der Waals surface area contributed by atoms with E-state index in [1.165, 1.54) is 0 Å². The molecule has 0 aromatic heterocycles. The molecular weight excluding hydrogens is 356 g/mol. The van der Waals surface area contributed by atoms with Gasteiger partial charge in [-0.1, -0.05) is 0 Å². The van der Waals surface area contributed by atoms with Gasteiger partial charge in [0.05, 0.1) is 19.8 Å². The van der Waals surface area contributed by atoms with Crippen molar-refractivity contribution in [2.75, 3.05) is 19.8 Å². The van der Waals surface area contributed by atoms with Crippen molar-refractivity contribution < 1.29 is 55.4 Å². The quantitative estimate of drug-likeness (QED) is 0.194. The number of halogens is 1. The first-order chi connectivity index (χ1) is 10.8. The van der Waals surface area contributed by atoms with Crippen LogP contribution in [0, 0.1) is 0 Å². The summed E-state index contributed by atoms with van der Waals surface area (Å²) in [5.41, 5.74) is 0. The van der Waals surface area contributed by atoms with E-state index >= 15 is 0 Å². The lowest BCUT2D eigenvalue weighted by Crippen LogP contribution is -2.61. The first-order valence-electron chi connectivity index (χ1n) is 7.00. The van der Waals surface area contributed by atoms with Gasteiger partial charge in [-0.3, -0.25) is 0 Å². The third-order valence-electron chi connectivity index (χ3n) is 3.62. The zero-order chi connectivity index (χ0) is 17.7. The van der Waals surface area contributed by atoms with E-state index in [0.29, 0.717) is 0 Å². The second kappa shape index (κ2) is 10.8. The molecule has 1 saturated heterocycles. The van der Waals surface area contributed by atoms with E-state index < -0.39 is 74.9 Å². The minimum Gasteiger partial charge on any atom is -0.394 e. The van der Waals surface area contributed by atoms with Crippen molar-refractivity contribution in [3.8, 4) is 0 Å². The minimum absolute atomic E-state index is 0. The first-order valence-corrected chi connectivity index (χ1v) is 7.00. The van der Waals surface area contributed by atoms with Crippen LogP contribution in [0.5, 0.6) is 0 Å². The van der Waals surface area contributed by atoms with Gasteiger partial charge in [0.1, 0.15) is 48.8 Å². The summed E-state index contributed by atoms with van der Waals surface area (Å²) in [5, 5.41) is 84.9. The summed E-state index contributed by atoms with van der Waals surface area (Å²) >= 11 is 0. The lowest BCUT2D eigenvalue weighted by atomic mass is 9.98. The van der Waals surface area contributed by atoms with E-state index in [1.54, 1.807) is 0 Å². The van der Waals surface area contributed by atoms with E-state index in [1.807, 2.05) is 0 Å². The molecule has 1 aliphatic heterocycles. The summed E-state index contributed by atoms with van der Waals surface area (Å²) < 4.78 is 10.1. The van der Waals surface area contributed by atoms with Gasteiger partial charge < -0.3 is 55.4 Å². The number of aliphatic hydroxyl groups is 9. The van der Waals surface area contributed by atoms with Crippen LogP contribution in [0.2, 0.25) is 0 Å². The summed E-state index contributed by atoms with van der Waals surface area (Å²) in [5.74, 6) is 0. The van der Waals surface area contributed by atoms with Gasteiger partial charge >= 0.3 is 0 Å². The summed E-state index contributed by atoms with van der Waals surface area (Å²) in [6, 6.07) is 0. The van der Waals surface area contributed by atoms with Crippen molar-refractivity contribution in [2.45, 2.75) is 55.1 Å². The Morgan fingerprint density at radius 1 is 0.833 bits per heavy atom. The lowest BCUT2D eigenvalue weighted by molar-refractivity contribution is -0.327. The zero-order valence-corrected chi connectivity index (χ0v) is 13.4. The van der Waals surface area contributed by atoms with Crippen molar-refractivity contribution in [3.63, 3.8) is 0 Å². The number of hydrogen-bond acceptors (Lipinski definition) is 11. The van der Waals surface area contributed by atoms with Crippen LogP contribution in [-0.4, -0.2) is 121 Å². The van der Waals surface area contributed by atoms with Crippen LogP contribution in [0.15, 0.2) is 0 Å². The summed E-state index contributed by atoms with van der Waals surface area (Å²) in [4.78, 5) is 0. The van der Waals surface area contributed by atoms with Gasteiger partial charge in [0.2, 0.25) is 0 Å². The van der Waals surface area contributed by atoms with Crippen molar-refractivity contribution in [2.24, 2.45) is 0 Å². The Morgan fingerprint density at radius 3 is 1.83 bits per heavy atom. The van der Waals surface area contributed by atoms with Gasteiger partial charge in [0.25, 0.3) is 0 Å². The molecule has 9 N–H and O–H groups in total. The molecule has 0 spiro atoms. The molecule has 12 heteroatoms. The Balaban J connectivity index is 0.00000529. The van der Waals surface area contributed by atoms with Gasteiger partial charge in [-0.2, -0.15) is 0 Å². The molecule has 1 fully saturated rings. The fourth-order valence-corrected chi connectivity index (χ4v) is 2.16. The van der Waals surface area contributed by atoms with E-state index in [0.717, 1.165) is 0 Å². The molecule has 24 heavy (non-hydrogen) atoms. The van der Waals surface area contributed by atoms with Crippen molar-refractivity contribution in [3.05, 3.63) is 0 Å². The Kier molecular flexibility index (Phi) is 10.7. The highest BCUT2D eigenvalue weighted by molar-refractivity contribution is 5.85. The smallest absolute Gasteiger partial charge is 0.187 e. The maximum Gasteiger partial charge on any atom is 0.187 e. The van der Waals surface area contributed by atoms with Crippen LogP contribution in [-0.2, 0) is 9.47 Å². The standard InChI is InChI=1S/C12H24O11.ClH/c13-1-4(16)7(18)11(5(17)2-14)23-12-10(21)9(20)8(19)6(3-15)22-12;/h4-21H,1-3H2;1H/t4-,5+,6+,7+,8+,9-,10+,11+,12+;/m0./s1. The number of rotatable bonds is 8. The predicted octanol–water partition coefficient (Wildman–Crippen LogP) is -5.34. The first kappa shape index (κ1) is 23.9. The molecule has 11 nitrogen and oxygen atoms in total. The number of hydrogen-bond donors (Lipinski definition) is 9.